The molecule has 0 radical (unpaired) electrons. The lowest BCUT2D eigenvalue weighted by Gasteiger charge is -2.13. The van der Waals surface area contributed by atoms with E-state index in [1.54, 1.807) is 24.3 Å². The Kier molecular flexibility index (Phi) is 6.05. The predicted molar refractivity (Wildman–Crippen MR) is 98.8 cm³/mol. The van der Waals surface area contributed by atoms with E-state index in [2.05, 4.69) is 9.59 Å². The van der Waals surface area contributed by atoms with Gasteiger partial charge in [0.15, 0.2) is 23.5 Å². The largest absolute Gasteiger partial charge is 0.482 e. The van der Waals surface area contributed by atoms with Crippen molar-refractivity contribution in [1.82, 2.24) is 9.59 Å². The van der Waals surface area contributed by atoms with Gasteiger partial charge in [-0.25, -0.2) is 13.6 Å². The van der Waals surface area contributed by atoms with Crippen LogP contribution in [0.2, 0.25) is 5.02 Å². The highest BCUT2D eigenvalue weighted by molar-refractivity contribution is 7.05. The second kappa shape index (κ2) is 8.49. The fraction of sp³-hybridized carbons (Fsp3) is 0.167. The highest BCUT2D eigenvalue weighted by Crippen LogP contribution is 2.30. The maximum atomic E-state index is 14.2. The average molecular weight is 427 g/mol. The Bertz CT molecular complexity index is 975. The number of hydrogen-bond donors (Lipinski definition) is 1. The normalized spacial score (nSPS) is 11.9. The van der Waals surface area contributed by atoms with Gasteiger partial charge in [-0.05, 0) is 30.6 Å². The molecule has 2 aromatic carbocycles. The van der Waals surface area contributed by atoms with Gasteiger partial charge in [-0.1, -0.05) is 28.2 Å². The zero-order valence-corrected chi connectivity index (χ0v) is 15.9. The molecule has 0 bridgehead atoms. The van der Waals surface area contributed by atoms with E-state index in [4.69, 9.17) is 26.2 Å². The number of carbonyl (C=O) groups is 1. The van der Waals surface area contributed by atoms with Crippen molar-refractivity contribution in [1.29, 1.82) is 0 Å². The van der Waals surface area contributed by atoms with Gasteiger partial charge in [0.1, 0.15) is 18.1 Å². The highest BCUT2D eigenvalue weighted by atomic mass is 35.5. The van der Waals surface area contributed by atoms with Crippen molar-refractivity contribution in [3.63, 3.8) is 0 Å². The van der Waals surface area contributed by atoms with Gasteiger partial charge in [0.05, 0.1) is 4.88 Å². The number of aliphatic carboxylic acids is 1. The third-order valence-electron chi connectivity index (χ3n) is 3.65. The maximum absolute atomic E-state index is 14.2. The van der Waals surface area contributed by atoms with Crippen LogP contribution < -0.4 is 9.47 Å². The van der Waals surface area contributed by atoms with Crippen LogP contribution in [0.15, 0.2) is 36.4 Å². The summed E-state index contributed by atoms with van der Waals surface area (Å²) in [6, 6.07) is 8.61. The van der Waals surface area contributed by atoms with Crippen LogP contribution in [0.4, 0.5) is 8.78 Å². The van der Waals surface area contributed by atoms with E-state index in [0.29, 0.717) is 15.6 Å². The fourth-order valence-corrected chi connectivity index (χ4v) is 2.97. The number of halogens is 3. The van der Waals surface area contributed by atoms with Gasteiger partial charge in [-0.2, -0.15) is 0 Å². The van der Waals surface area contributed by atoms with Crippen molar-refractivity contribution in [2.24, 2.45) is 0 Å². The standard InChI is InChI=1S/C18H13ClF2N2O4S/c1-9(18(24)25)27-12-6-13(20)17(14(21)7-12)26-8-15-16(22-23-28-15)10-2-4-11(19)5-3-10/h2-7,9H,8H2,1H3,(H,24,25). The third-order valence-corrected chi connectivity index (χ3v) is 4.60. The Morgan fingerprint density at radius 2 is 1.89 bits per heavy atom. The van der Waals surface area contributed by atoms with Gasteiger partial charge in [-0.15, -0.1) is 5.10 Å². The molecule has 1 aromatic heterocycles. The zero-order valence-electron chi connectivity index (χ0n) is 14.4. The summed E-state index contributed by atoms with van der Waals surface area (Å²) in [7, 11) is 0. The molecular formula is C18H13ClF2N2O4S. The van der Waals surface area contributed by atoms with E-state index in [1.807, 2.05) is 0 Å². The maximum Gasteiger partial charge on any atom is 0.344 e. The summed E-state index contributed by atoms with van der Waals surface area (Å²) in [6.45, 7) is 1.09. The van der Waals surface area contributed by atoms with Gasteiger partial charge < -0.3 is 14.6 Å². The molecule has 3 rings (SSSR count). The summed E-state index contributed by atoms with van der Waals surface area (Å²) in [6.07, 6.45) is -1.25. The Balaban J connectivity index is 1.76. The molecule has 1 atom stereocenters. The van der Waals surface area contributed by atoms with Crippen LogP contribution in [0.5, 0.6) is 11.5 Å². The first-order valence-electron chi connectivity index (χ1n) is 7.93. The first-order chi connectivity index (χ1) is 13.3. The van der Waals surface area contributed by atoms with Gasteiger partial charge in [-0.3, -0.25) is 0 Å². The van der Waals surface area contributed by atoms with Crippen molar-refractivity contribution >= 4 is 29.1 Å². The van der Waals surface area contributed by atoms with Crippen molar-refractivity contribution in [3.8, 4) is 22.8 Å². The number of ether oxygens (including phenoxy) is 2. The molecule has 0 spiro atoms. The lowest BCUT2D eigenvalue weighted by atomic mass is 10.1. The number of carboxylic acids is 1. The van der Waals surface area contributed by atoms with Crippen molar-refractivity contribution < 1.29 is 28.2 Å². The summed E-state index contributed by atoms with van der Waals surface area (Å²) in [4.78, 5) is 11.4. The molecule has 1 unspecified atom stereocenters. The molecular weight excluding hydrogens is 414 g/mol. The van der Waals surface area contributed by atoms with Crippen LogP contribution in [0.1, 0.15) is 11.8 Å². The smallest absolute Gasteiger partial charge is 0.344 e. The van der Waals surface area contributed by atoms with Crippen LogP contribution in [0.25, 0.3) is 11.3 Å². The molecule has 1 heterocycles. The topological polar surface area (TPSA) is 81.5 Å². The average Bonchev–Trinajstić information content (AvgIpc) is 3.10. The third kappa shape index (κ3) is 4.55. The lowest BCUT2D eigenvalue weighted by Crippen LogP contribution is -2.23. The summed E-state index contributed by atoms with van der Waals surface area (Å²) < 4.78 is 42.6. The van der Waals surface area contributed by atoms with E-state index >= 15 is 0 Å². The molecule has 0 saturated heterocycles. The molecule has 0 fully saturated rings. The number of carboxylic acid groups (broad SMARTS) is 1. The molecule has 0 saturated carbocycles. The first-order valence-corrected chi connectivity index (χ1v) is 9.08. The van der Waals surface area contributed by atoms with E-state index in [1.165, 1.54) is 6.92 Å². The summed E-state index contributed by atoms with van der Waals surface area (Å²) in [5, 5.41) is 13.4. The van der Waals surface area contributed by atoms with E-state index < -0.39 is 29.5 Å². The minimum absolute atomic E-state index is 0.158. The second-order valence-electron chi connectivity index (χ2n) is 5.65. The summed E-state index contributed by atoms with van der Waals surface area (Å²) >= 11 is 6.91. The predicted octanol–water partition coefficient (Wildman–Crippen LogP) is 4.57. The Morgan fingerprint density at radius 3 is 2.50 bits per heavy atom. The molecule has 0 aliphatic carbocycles. The van der Waals surface area contributed by atoms with Gasteiger partial charge in [0.25, 0.3) is 0 Å². The molecule has 0 aliphatic rings. The monoisotopic (exact) mass is 426 g/mol. The van der Waals surface area contributed by atoms with Crippen molar-refractivity contribution in [2.45, 2.75) is 19.6 Å². The Morgan fingerprint density at radius 1 is 1.25 bits per heavy atom. The SMILES string of the molecule is CC(Oc1cc(F)c(OCc2snnc2-c2ccc(Cl)cc2)c(F)c1)C(=O)O. The number of nitrogens with zero attached hydrogens (tertiary/aromatic N) is 2. The highest BCUT2D eigenvalue weighted by Gasteiger charge is 2.19. The minimum atomic E-state index is -1.26. The van der Waals surface area contributed by atoms with Crippen LogP contribution in [-0.2, 0) is 11.4 Å². The van der Waals surface area contributed by atoms with Crippen molar-refractivity contribution in [2.75, 3.05) is 0 Å². The molecule has 1 N–H and O–H groups in total. The van der Waals surface area contributed by atoms with Crippen LogP contribution in [0.3, 0.4) is 0 Å². The number of hydrogen-bond acceptors (Lipinski definition) is 6. The molecule has 3 aromatic rings. The van der Waals surface area contributed by atoms with E-state index in [0.717, 1.165) is 29.2 Å². The van der Waals surface area contributed by atoms with Crippen molar-refractivity contribution in [3.05, 3.63) is 57.9 Å². The molecule has 6 nitrogen and oxygen atoms in total. The quantitative estimate of drug-likeness (QED) is 0.596. The van der Waals surface area contributed by atoms with Crippen LogP contribution >= 0.6 is 23.1 Å². The number of rotatable bonds is 7. The number of aromatic nitrogens is 2. The van der Waals surface area contributed by atoms with Crippen LogP contribution in [0, 0.1) is 11.6 Å². The first kappa shape index (κ1) is 20.0. The Labute approximate surface area is 167 Å². The summed E-state index contributed by atoms with van der Waals surface area (Å²) in [5.41, 5.74) is 1.27. The van der Waals surface area contributed by atoms with Gasteiger partial charge in [0.2, 0.25) is 0 Å². The molecule has 0 aliphatic heterocycles. The van der Waals surface area contributed by atoms with E-state index in [-0.39, 0.29) is 12.4 Å². The number of benzene rings is 2. The molecule has 0 amide bonds. The second-order valence-corrected chi connectivity index (χ2v) is 6.93. The zero-order chi connectivity index (χ0) is 20.3. The molecule has 146 valence electrons. The lowest BCUT2D eigenvalue weighted by molar-refractivity contribution is -0.144. The fourth-order valence-electron chi connectivity index (χ4n) is 2.27. The Hall–Kier alpha value is -2.78. The van der Waals surface area contributed by atoms with E-state index in [9.17, 15) is 13.6 Å². The molecule has 10 heteroatoms. The van der Waals surface area contributed by atoms with Crippen LogP contribution in [-0.4, -0.2) is 26.8 Å². The van der Waals surface area contributed by atoms with Gasteiger partial charge in [0, 0.05) is 22.7 Å². The summed E-state index contributed by atoms with van der Waals surface area (Å²) in [5.74, 6) is -4.14. The minimum Gasteiger partial charge on any atom is -0.482 e. The van der Waals surface area contributed by atoms with Gasteiger partial charge >= 0.3 is 5.97 Å². The molecule has 28 heavy (non-hydrogen) atoms.